The van der Waals surface area contributed by atoms with Crippen molar-refractivity contribution in [2.45, 2.75) is 26.2 Å². The third kappa shape index (κ3) is 6.34. The summed E-state index contributed by atoms with van der Waals surface area (Å²) in [6.45, 7) is 5.51. The summed E-state index contributed by atoms with van der Waals surface area (Å²) in [4.78, 5) is 25.4. The molecule has 116 valence electrons. The average Bonchev–Trinajstić information content (AvgIpc) is 2.45. The number of hydrogen-bond acceptors (Lipinski definition) is 5. The second-order valence-electron chi connectivity index (χ2n) is 5.00. The fourth-order valence-electron chi connectivity index (χ4n) is 2.29. The Morgan fingerprint density at radius 2 is 2.00 bits per heavy atom. The number of likely N-dealkylation sites (tertiary alicyclic amines) is 1. The number of nitrogens with one attached hydrogen (secondary N) is 1. The van der Waals surface area contributed by atoms with E-state index in [0.717, 1.165) is 32.4 Å². The zero-order chi connectivity index (χ0) is 14.8. The minimum atomic E-state index is -0.101. The lowest BCUT2D eigenvalue weighted by molar-refractivity contribution is -0.149. The molecule has 1 aliphatic heterocycles. The lowest BCUT2D eigenvalue weighted by Gasteiger charge is -2.30. The van der Waals surface area contributed by atoms with E-state index >= 15 is 0 Å². The fraction of sp³-hybridized carbons (Fsp3) is 0.857. The summed E-state index contributed by atoms with van der Waals surface area (Å²) in [6.07, 6.45) is 2.37. The maximum atomic E-state index is 11.7. The number of carbonyl (C=O) groups is 2. The van der Waals surface area contributed by atoms with E-state index in [1.165, 1.54) is 0 Å². The molecule has 0 radical (unpaired) electrons. The van der Waals surface area contributed by atoms with Gasteiger partial charge in [-0.15, -0.1) is 0 Å². The van der Waals surface area contributed by atoms with Gasteiger partial charge in [0.1, 0.15) is 0 Å². The van der Waals surface area contributed by atoms with Crippen LogP contribution < -0.4 is 5.32 Å². The number of piperidine rings is 1. The first-order chi connectivity index (χ1) is 9.67. The Morgan fingerprint density at radius 3 is 2.60 bits per heavy atom. The van der Waals surface area contributed by atoms with Crippen molar-refractivity contribution in [2.75, 3.05) is 46.5 Å². The summed E-state index contributed by atoms with van der Waals surface area (Å²) < 4.78 is 9.95. The monoisotopic (exact) mass is 286 g/mol. The molecule has 0 unspecified atom stereocenters. The molecule has 0 aromatic carbocycles. The molecule has 0 atom stereocenters. The summed E-state index contributed by atoms with van der Waals surface area (Å²) in [5.74, 6) is -0.0668. The molecule has 0 spiro atoms. The number of amides is 1. The first-order valence-electron chi connectivity index (χ1n) is 7.32. The molecule has 0 bridgehead atoms. The number of nitrogens with zero attached hydrogens (tertiary/aromatic N) is 1. The highest BCUT2D eigenvalue weighted by atomic mass is 16.5. The largest absolute Gasteiger partial charge is 0.466 e. The molecular weight excluding hydrogens is 260 g/mol. The van der Waals surface area contributed by atoms with Gasteiger partial charge in [0.2, 0.25) is 5.91 Å². The summed E-state index contributed by atoms with van der Waals surface area (Å²) in [6, 6.07) is 0. The van der Waals surface area contributed by atoms with Crippen molar-refractivity contribution in [1.82, 2.24) is 10.2 Å². The molecule has 1 aliphatic rings. The van der Waals surface area contributed by atoms with Crippen molar-refractivity contribution >= 4 is 11.9 Å². The predicted molar refractivity (Wildman–Crippen MR) is 75.3 cm³/mol. The summed E-state index contributed by atoms with van der Waals surface area (Å²) in [5, 5.41) is 2.87. The molecule has 0 aromatic heterocycles. The van der Waals surface area contributed by atoms with Gasteiger partial charge in [-0.2, -0.15) is 0 Å². The van der Waals surface area contributed by atoms with Crippen LogP contribution in [0.3, 0.4) is 0 Å². The first-order valence-corrected chi connectivity index (χ1v) is 7.32. The zero-order valence-electron chi connectivity index (χ0n) is 12.5. The van der Waals surface area contributed by atoms with Crippen molar-refractivity contribution in [3.05, 3.63) is 0 Å². The summed E-state index contributed by atoms with van der Waals surface area (Å²) in [7, 11) is 1.65. The molecule has 1 saturated heterocycles. The van der Waals surface area contributed by atoms with Crippen molar-refractivity contribution < 1.29 is 19.1 Å². The third-order valence-corrected chi connectivity index (χ3v) is 3.42. The molecule has 1 rings (SSSR count). The minimum absolute atomic E-state index is 0.00374. The quantitative estimate of drug-likeness (QED) is 0.517. The van der Waals surface area contributed by atoms with Gasteiger partial charge in [-0.1, -0.05) is 0 Å². The first kappa shape index (κ1) is 16.9. The van der Waals surface area contributed by atoms with Crippen LogP contribution in [0.4, 0.5) is 0 Å². The number of carbonyl (C=O) groups excluding carboxylic acids is 2. The van der Waals surface area contributed by atoms with E-state index in [-0.39, 0.29) is 17.8 Å². The molecule has 1 amide bonds. The highest BCUT2D eigenvalue weighted by Crippen LogP contribution is 2.18. The van der Waals surface area contributed by atoms with Gasteiger partial charge in [0.05, 0.1) is 19.1 Å². The average molecular weight is 286 g/mol. The lowest BCUT2D eigenvalue weighted by Crippen LogP contribution is -2.43. The van der Waals surface area contributed by atoms with Crippen LogP contribution in [-0.4, -0.2) is 63.3 Å². The van der Waals surface area contributed by atoms with E-state index in [0.29, 0.717) is 26.3 Å². The Bertz CT molecular complexity index is 302. The summed E-state index contributed by atoms with van der Waals surface area (Å²) >= 11 is 0. The molecule has 20 heavy (non-hydrogen) atoms. The Kier molecular flexibility index (Phi) is 8.22. The van der Waals surface area contributed by atoms with Crippen LogP contribution >= 0.6 is 0 Å². The second-order valence-corrected chi connectivity index (χ2v) is 5.00. The minimum Gasteiger partial charge on any atom is -0.466 e. The molecule has 1 fully saturated rings. The van der Waals surface area contributed by atoms with E-state index in [1.807, 2.05) is 6.92 Å². The number of methoxy groups -OCH3 is 1. The maximum absolute atomic E-state index is 11.7. The Hall–Kier alpha value is -1.14. The number of rotatable bonds is 8. The Morgan fingerprint density at radius 1 is 1.30 bits per heavy atom. The number of esters is 1. The van der Waals surface area contributed by atoms with Crippen LogP contribution in [0.25, 0.3) is 0 Å². The molecule has 6 heteroatoms. The van der Waals surface area contributed by atoms with Gasteiger partial charge in [0.15, 0.2) is 0 Å². The zero-order valence-corrected chi connectivity index (χ0v) is 12.5. The van der Waals surface area contributed by atoms with Crippen LogP contribution in [-0.2, 0) is 19.1 Å². The number of hydrogen-bond donors (Lipinski definition) is 1. The van der Waals surface area contributed by atoms with Gasteiger partial charge in [-0.3, -0.25) is 14.5 Å². The van der Waals surface area contributed by atoms with Gasteiger partial charge in [0.25, 0.3) is 0 Å². The topological polar surface area (TPSA) is 67.9 Å². The van der Waals surface area contributed by atoms with Crippen molar-refractivity contribution in [3.8, 4) is 0 Å². The van der Waals surface area contributed by atoms with Gasteiger partial charge in [0, 0.05) is 20.3 Å². The van der Waals surface area contributed by atoms with Crippen molar-refractivity contribution in [2.24, 2.45) is 5.92 Å². The van der Waals surface area contributed by atoms with E-state index in [1.54, 1.807) is 7.11 Å². The SMILES string of the molecule is CCOC(=O)C1CCN(CC(=O)NCCCOC)CC1. The van der Waals surface area contributed by atoms with Gasteiger partial charge >= 0.3 is 5.97 Å². The van der Waals surface area contributed by atoms with Gasteiger partial charge in [-0.05, 0) is 39.3 Å². The van der Waals surface area contributed by atoms with E-state index in [9.17, 15) is 9.59 Å². The fourth-order valence-corrected chi connectivity index (χ4v) is 2.29. The van der Waals surface area contributed by atoms with Crippen LogP contribution in [0.15, 0.2) is 0 Å². The normalized spacial score (nSPS) is 16.9. The van der Waals surface area contributed by atoms with Gasteiger partial charge < -0.3 is 14.8 Å². The van der Waals surface area contributed by atoms with Crippen LogP contribution in [0.1, 0.15) is 26.2 Å². The van der Waals surface area contributed by atoms with Crippen LogP contribution in [0, 0.1) is 5.92 Å². The molecule has 1 N–H and O–H groups in total. The van der Waals surface area contributed by atoms with Crippen LogP contribution in [0.2, 0.25) is 0 Å². The molecule has 6 nitrogen and oxygen atoms in total. The highest BCUT2D eigenvalue weighted by molar-refractivity contribution is 5.78. The highest BCUT2D eigenvalue weighted by Gasteiger charge is 2.26. The predicted octanol–water partition coefficient (Wildman–Crippen LogP) is 0.414. The molecular formula is C14H26N2O4. The number of ether oxygens (including phenoxy) is 2. The third-order valence-electron chi connectivity index (χ3n) is 3.42. The maximum Gasteiger partial charge on any atom is 0.309 e. The van der Waals surface area contributed by atoms with E-state index in [4.69, 9.17) is 9.47 Å². The van der Waals surface area contributed by atoms with Crippen LogP contribution in [0.5, 0.6) is 0 Å². The van der Waals surface area contributed by atoms with Crippen molar-refractivity contribution in [3.63, 3.8) is 0 Å². The molecule has 1 heterocycles. The Balaban J connectivity index is 2.15. The van der Waals surface area contributed by atoms with E-state index < -0.39 is 0 Å². The second kappa shape index (κ2) is 9.72. The Labute approximate surface area is 120 Å². The van der Waals surface area contributed by atoms with E-state index in [2.05, 4.69) is 10.2 Å². The molecule has 0 saturated carbocycles. The molecule has 0 aromatic rings. The summed E-state index contributed by atoms with van der Waals surface area (Å²) in [5.41, 5.74) is 0. The standard InChI is InChI=1S/C14H26N2O4/c1-3-20-14(18)12-5-8-16(9-6-12)11-13(17)15-7-4-10-19-2/h12H,3-11H2,1-2H3,(H,15,17). The van der Waals surface area contributed by atoms with Gasteiger partial charge in [-0.25, -0.2) is 0 Å². The lowest BCUT2D eigenvalue weighted by atomic mass is 9.97. The smallest absolute Gasteiger partial charge is 0.309 e. The van der Waals surface area contributed by atoms with Crippen molar-refractivity contribution in [1.29, 1.82) is 0 Å². The molecule has 0 aliphatic carbocycles.